The molecule has 0 bridgehead atoms. The van der Waals surface area contributed by atoms with Crippen molar-refractivity contribution in [2.24, 2.45) is 0 Å². The fourth-order valence-electron chi connectivity index (χ4n) is 5.81. The Morgan fingerprint density at radius 1 is 1.05 bits per heavy atom. The summed E-state index contributed by atoms with van der Waals surface area (Å²) >= 11 is 0. The van der Waals surface area contributed by atoms with Crippen molar-refractivity contribution in [3.63, 3.8) is 0 Å². The molecule has 2 amide bonds. The van der Waals surface area contributed by atoms with E-state index >= 15 is 0 Å². The van der Waals surface area contributed by atoms with Gasteiger partial charge in [-0.15, -0.1) is 0 Å². The van der Waals surface area contributed by atoms with Crippen LogP contribution in [0.1, 0.15) is 54.5 Å². The van der Waals surface area contributed by atoms with Gasteiger partial charge in [-0.3, -0.25) is 19.6 Å². The van der Waals surface area contributed by atoms with E-state index in [-0.39, 0.29) is 23.9 Å². The first kappa shape index (κ1) is 25.2. The van der Waals surface area contributed by atoms with Gasteiger partial charge in [0, 0.05) is 37.3 Å². The second-order valence-corrected chi connectivity index (χ2v) is 10.2. The Labute approximate surface area is 225 Å². The molecule has 0 radical (unpaired) electrons. The zero-order valence-corrected chi connectivity index (χ0v) is 21.7. The number of rotatable bonds is 5. The number of nitrogens with zero attached hydrogens (tertiary/aromatic N) is 5. The molecular formula is C29H31FN6O3. The standard InChI is InChI=1S/C29H31FN6O3/c1-2-26(37)34-14-4-3-5-22(18-34)35-27-23-17-31-36(21-12-15-39-16-13-21)25(23)11-10-24(27)32-29(35)33-28(38)19-6-8-20(30)9-7-19/h2,6-11,17,21-22H,1,3-5,12-16,18H2,(H,32,33,38)/t22-/m1/s1. The minimum Gasteiger partial charge on any atom is -0.381 e. The zero-order chi connectivity index (χ0) is 26.9. The first-order valence-electron chi connectivity index (χ1n) is 13.5. The van der Waals surface area contributed by atoms with Crippen LogP contribution in [0, 0.1) is 5.82 Å². The van der Waals surface area contributed by atoms with Gasteiger partial charge in [0.25, 0.3) is 5.91 Å². The minimum absolute atomic E-state index is 0.110. The van der Waals surface area contributed by atoms with Crippen LogP contribution in [0.4, 0.5) is 10.3 Å². The highest BCUT2D eigenvalue weighted by molar-refractivity contribution is 6.07. The van der Waals surface area contributed by atoms with Gasteiger partial charge in [0.15, 0.2) is 0 Å². The van der Waals surface area contributed by atoms with Crippen molar-refractivity contribution < 1.29 is 18.7 Å². The van der Waals surface area contributed by atoms with Crippen LogP contribution in [0.15, 0.2) is 55.3 Å². The van der Waals surface area contributed by atoms with Gasteiger partial charge in [0.2, 0.25) is 11.9 Å². The Kier molecular flexibility index (Phi) is 6.86. The lowest BCUT2D eigenvalue weighted by Gasteiger charge is -2.26. The SMILES string of the molecule is C=CC(=O)N1CCCC[C@@H](n2c(NC(=O)c3ccc(F)cc3)nc3ccc4c(cnn4C4CCOCC4)c32)C1. The molecule has 202 valence electrons. The van der Waals surface area contributed by atoms with E-state index in [2.05, 4.69) is 21.1 Å². The molecule has 0 aliphatic carbocycles. The number of hydrogen-bond donors (Lipinski definition) is 1. The van der Waals surface area contributed by atoms with Gasteiger partial charge in [0.05, 0.1) is 34.8 Å². The number of fused-ring (bicyclic) bond motifs is 3. The molecule has 10 heteroatoms. The van der Waals surface area contributed by atoms with Crippen molar-refractivity contribution in [2.45, 2.75) is 44.2 Å². The molecule has 39 heavy (non-hydrogen) atoms. The predicted molar refractivity (Wildman–Crippen MR) is 146 cm³/mol. The Balaban J connectivity index is 1.48. The number of nitrogens with one attached hydrogen (secondary N) is 1. The first-order valence-corrected chi connectivity index (χ1v) is 13.5. The number of hydrogen-bond acceptors (Lipinski definition) is 5. The third kappa shape index (κ3) is 4.80. The van der Waals surface area contributed by atoms with Gasteiger partial charge in [-0.25, -0.2) is 9.37 Å². The highest BCUT2D eigenvalue weighted by Gasteiger charge is 2.28. The molecule has 2 saturated heterocycles. The molecule has 0 unspecified atom stereocenters. The largest absolute Gasteiger partial charge is 0.381 e. The van der Waals surface area contributed by atoms with Crippen LogP contribution in [0.3, 0.4) is 0 Å². The molecule has 2 aliphatic rings. The third-order valence-corrected chi connectivity index (χ3v) is 7.79. The van der Waals surface area contributed by atoms with E-state index in [0.29, 0.717) is 37.8 Å². The summed E-state index contributed by atoms with van der Waals surface area (Å²) < 4.78 is 23.2. The van der Waals surface area contributed by atoms with Crippen LogP contribution in [0.25, 0.3) is 21.9 Å². The van der Waals surface area contributed by atoms with E-state index in [1.54, 1.807) is 0 Å². The number of ether oxygens (including phenoxy) is 1. The fraction of sp³-hybridized carbons (Fsp3) is 0.379. The number of benzene rings is 2. The molecule has 9 nitrogen and oxygen atoms in total. The smallest absolute Gasteiger partial charge is 0.257 e. The van der Waals surface area contributed by atoms with E-state index < -0.39 is 5.82 Å². The van der Waals surface area contributed by atoms with Gasteiger partial charge >= 0.3 is 0 Å². The van der Waals surface area contributed by atoms with Crippen molar-refractivity contribution >= 4 is 39.7 Å². The summed E-state index contributed by atoms with van der Waals surface area (Å²) in [5.41, 5.74) is 2.93. The average Bonchev–Trinajstić information content (AvgIpc) is 3.46. The van der Waals surface area contributed by atoms with Crippen LogP contribution in [-0.2, 0) is 9.53 Å². The van der Waals surface area contributed by atoms with Crippen molar-refractivity contribution in [1.82, 2.24) is 24.2 Å². The number of aromatic nitrogens is 4. The van der Waals surface area contributed by atoms with E-state index in [1.165, 1.54) is 30.3 Å². The van der Waals surface area contributed by atoms with E-state index in [0.717, 1.165) is 54.0 Å². The number of imidazole rings is 1. The number of likely N-dealkylation sites (tertiary alicyclic amines) is 1. The van der Waals surface area contributed by atoms with E-state index in [1.807, 2.05) is 23.2 Å². The average molecular weight is 531 g/mol. The monoisotopic (exact) mass is 530 g/mol. The maximum absolute atomic E-state index is 13.5. The molecule has 2 aliphatic heterocycles. The van der Waals surface area contributed by atoms with Crippen LogP contribution in [0.2, 0.25) is 0 Å². The highest BCUT2D eigenvalue weighted by atomic mass is 19.1. The Morgan fingerprint density at radius 2 is 1.85 bits per heavy atom. The number of carbonyl (C=O) groups is 2. The summed E-state index contributed by atoms with van der Waals surface area (Å²) in [6.07, 6.45) is 7.64. The molecule has 2 aromatic carbocycles. The minimum atomic E-state index is -0.409. The first-order chi connectivity index (χ1) is 19.0. The Bertz CT molecular complexity index is 1540. The van der Waals surface area contributed by atoms with Crippen LogP contribution < -0.4 is 5.32 Å². The van der Waals surface area contributed by atoms with Crippen LogP contribution in [0.5, 0.6) is 0 Å². The quantitative estimate of drug-likeness (QED) is 0.372. The summed E-state index contributed by atoms with van der Waals surface area (Å²) in [5.74, 6) is -0.509. The molecule has 6 rings (SSSR count). The molecular weight excluding hydrogens is 499 g/mol. The Hall–Kier alpha value is -4.05. The van der Waals surface area contributed by atoms with Crippen molar-refractivity contribution in [3.05, 3.63) is 66.6 Å². The summed E-state index contributed by atoms with van der Waals surface area (Å²) in [4.78, 5) is 32.5. The molecule has 2 fully saturated rings. The van der Waals surface area contributed by atoms with E-state index in [4.69, 9.17) is 14.8 Å². The van der Waals surface area contributed by atoms with Gasteiger partial charge in [-0.05, 0) is 74.6 Å². The maximum atomic E-state index is 13.5. The van der Waals surface area contributed by atoms with Crippen molar-refractivity contribution in [3.8, 4) is 0 Å². The molecule has 4 aromatic rings. The molecule has 0 spiro atoms. The van der Waals surface area contributed by atoms with Gasteiger partial charge in [-0.2, -0.15) is 5.10 Å². The number of amides is 2. The lowest BCUT2D eigenvalue weighted by atomic mass is 10.1. The number of carbonyl (C=O) groups excluding carboxylic acids is 2. The normalized spacial score (nSPS) is 18.8. The Morgan fingerprint density at radius 3 is 2.62 bits per heavy atom. The number of halogens is 1. The highest BCUT2D eigenvalue weighted by Crippen LogP contribution is 2.36. The van der Waals surface area contributed by atoms with Crippen LogP contribution >= 0.6 is 0 Å². The summed E-state index contributed by atoms with van der Waals surface area (Å²) in [7, 11) is 0. The van der Waals surface area contributed by atoms with E-state index in [9.17, 15) is 14.0 Å². The lowest BCUT2D eigenvalue weighted by molar-refractivity contribution is -0.126. The second-order valence-electron chi connectivity index (χ2n) is 10.2. The molecule has 1 atom stereocenters. The topological polar surface area (TPSA) is 94.3 Å². The number of anilines is 1. The summed E-state index contributed by atoms with van der Waals surface area (Å²) in [5, 5.41) is 8.69. The van der Waals surface area contributed by atoms with Gasteiger partial charge in [0.1, 0.15) is 5.82 Å². The molecule has 4 heterocycles. The lowest BCUT2D eigenvalue weighted by Crippen LogP contribution is -2.34. The van der Waals surface area contributed by atoms with Gasteiger partial charge < -0.3 is 14.2 Å². The summed E-state index contributed by atoms with van der Waals surface area (Å²) in [6, 6.07) is 9.54. The summed E-state index contributed by atoms with van der Waals surface area (Å²) in [6.45, 7) is 6.22. The molecule has 0 saturated carbocycles. The van der Waals surface area contributed by atoms with Gasteiger partial charge in [-0.1, -0.05) is 6.58 Å². The third-order valence-electron chi connectivity index (χ3n) is 7.79. The molecule has 2 aromatic heterocycles. The zero-order valence-electron chi connectivity index (χ0n) is 21.7. The fourth-order valence-corrected chi connectivity index (χ4v) is 5.81. The molecule has 1 N–H and O–H groups in total. The van der Waals surface area contributed by atoms with Crippen molar-refractivity contribution in [1.29, 1.82) is 0 Å². The second kappa shape index (κ2) is 10.6. The predicted octanol–water partition coefficient (Wildman–Crippen LogP) is 4.87. The maximum Gasteiger partial charge on any atom is 0.257 e. The van der Waals surface area contributed by atoms with Crippen LogP contribution in [-0.4, -0.2) is 62.3 Å². The van der Waals surface area contributed by atoms with Crippen molar-refractivity contribution in [2.75, 3.05) is 31.6 Å².